The fourth-order valence-electron chi connectivity index (χ4n) is 3.20. The minimum atomic E-state index is -0.536. The number of aromatic nitrogens is 5. The highest BCUT2D eigenvalue weighted by atomic mass is 35.5. The summed E-state index contributed by atoms with van der Waals surface area (Å²) in [4.78, 5) is 18.6. The van der Waals surface area contributed by atoms with Gasteiger partial charge in [-0.05, 0) is 31.0 Å². The Labute approximate surface area is 165 Å². The van der Waals surface area contributed by atoms with Crippen molar-refractivity contribution in [1.82, 2.24) is 30.0 Å². The molecular weight excluding hydrogens is 387 g/mol. The van der Waals surface area contributed by atoms with Gasteiger partial charge in [0.25, 0.3) is 11.8 Å². The third kappa shape index (κ3) is 3.62. The van der Waals surface area contributed by atoms with Crippen molar-refractivity contribution in [3.63, 3.8) is 0 Å². The van der Waals surface area contributed by atoms with E-state index in [0.29, 0.717) is 42.5 Å². The van der Waals surface area contributed by atoms with E-state index in [4.69, 9.17) is 16.1 Å². The van der Waals surface area contributed by atoms with E-state index in [2.05, 4.69) is 20.5 Å². The SMILES string of the molecule is CCc1noc(-c2cn(C3CCN(C(=O)c4ccc(F)c(Cl)c4)CC3)nn2)n1. The van der Waals surface area contributed by atoms with E-state index in [1.807, 2.05) is 6.92 Å². The molecule has 3 heterocycles. The van der Waals surface area contributed by atoms with Gasteiger partial charge in [-0.2, -0.15) is 4.98 Å². The molecule has 1 aromatic carbocycles. The van der Waals surface area contributed by atoms with Gasteiger partial charge in [0.2, 0.25) is 0 Å². The van der Waals surface area contributed by atoms with Crippen LogP contribution in [0.2, 0.25) is 5.02 Å². The number of carbonyl (C=O) groups excluding carboxylic acids is 1. The molecule has 0 bridgehead atoms. The van der Waals surface area contributed by atoms with Gasteiger partial charge in [-0.15, -0.1) is 5.10 Å². The molecule has 1 aliphatic rings. The standard InChI is InChI=1S/C18H18ClFN6O2/c1-2-16-21-17(28-23-16)15-10-26(24-22-15)12-5-7-25(8-6-12)18(27)11-3-4-14(20)13(19)9-11/h3-4,9-10,12H,2,5-8H2,1H3. The van der Waals surface area contributed by atoms with Crippen LogP contribution in [0.15, 0.2) is 28.9 Å². The van der Waals surface area contributed by atoms with Crippen molar-refractivity contribution in [3.8, 4) is 11.6 Å². The lowest BCUT2D eigenvalue weighted by Crippen LogP contribution is -2.39. The first-order chi connectivity index (χ1) is 13.5. The molecule has 146 valence electrons. The molecule has 0 N–H and O–H groups in total. The quantitative estimate of drug-likeness (QED) is 0.663. The van der Waals surface area contributed by atoms with E-state index in [1.165, 1.54) is 18.2 Å². The fourth-order valence-corrected chi connectivity index (χ4v) is 3.38. The molecule has 1 saturated heterocycles. The van der Waals surface area contributed by atoms with Crippen LogP contribution < -0.4 is 0 Å². The molecule has 0 saturated carbocycles. The number of rotatable bonds is 4. The van der Waals surface area contributed by atoms with Crippen LogP contribution >= 0.6 is 11.6 Å². The number of halogens is 2. The normalized spacial score (nSPS) is 15.2. The Morgan fingerprint density at radius 3 is 2.82 bits per heavy atom. The Bertz CT molecular complexity index is 996. The van der Waals surface area contributed by atoms with Crippen LogP contribution in [0.3, 0.4) is 0 Å². The predicted molar refractivity (Wildman–Crippen MR) is 98.3 cm³/mol. The van der Waals surface area contributed by atoms with Crippen LogP contribution in [0.25, 0.3) is 11.6 Å². The first-order valence-electron chi connectivity index (χ1n) is 9.04. The second-order valence-corrected chi connectivity index (χ2v) is 7.01. The Kier molecular flexibility index (Phi) is 5.08. The molecule has 0 unspecified atom stereocenters. The topological polar surface area (TPSA) is 89.9 Å². The highest BCUT2D eigenvalue weighted by molar-refractivity contribution is 6.31. The number of hydrogen-bond acceptors (Lipinski definition) is 6. The lowest BCUT2D eigenvalue weighted by Gasteiger charge is -2.31. The molecular formula is C18H18ClFN6O2. The van der Waals surface area contributed by atoms with Crippen molar-refractivity contribution < 1.29 is 13.7 Å². The average molecular weight is 405 g/mol. The van der Waals surface area contributed by atoms with Gasteiger partial charge in [-0.3, -0.25) is 4.79 Å². The molecule has 3 aromatic rings. The second-order valence-electron chi connectivity index (χ2n) is 6.61. The lowest BCUT2D eigenvalue weighted by atomic mass is 10.0. The maximum atomic E-state index is 13.3. The molecule has 0 atom stereocenters. The van der Waals surface area contributed by atoms with Crippen LogP contribution in [0.5, 0.6) is 0 Å². The minimum Gasteiger partial charge on any atom is -0.338 e. The highest BCUT2D eigenvalue weighted by Gasteiger charge is 2.26. The van der Waals surface area contributed by atoms with Gasteiger partial charge in [0.1, 0.15) is 5.82 Å². The average Bonchev–Trinajstić information content (AvgIpc) is 3.39. The predicted octanol–water partition coefficient (Wildman–Crippen LogP) is 3.16. The molecule has 0 radical (unpaired) electrons. The van der Waals surface area contributed by atoms with Gasteiger partial charge in [-0.1, -0.05) is 28.9 Å². The van der Waals surface area contributed by atoms with Crippen molar-refractivity contribution in [2.24, 2.45) is 0 Å². The number of piperidine rings is 1. The van der Waals surface area contributed by atoms with Gasteiger partial charge in [-0.25, -0.2) is 9.07 Å². The summed E-state index contributed by atoms with van der Waals surface area (Å²) < 4.78 is 20.3. The van der Waals surface area contributed by atoms with Crippen molar-refractivity contribution >= 4 is 17.5 Å². The van der Waals surface area contributed by atoms with E-state index in [0.717, 1.165) is 12.8 Å². The van der Waals surface area contributed by atoms with Crippen molar-refractivity contribution in [2.45, 2.75) is 32.2 Å². The number of benzene rings is 1. The van der Waals surface area contributed by atoms with Gasteiger partial charge in [0, 0.05) is 25.1 Å². The maximum Gasteiger partial charge on any atom is 0.280 e. The van der Waals surface area contributed by atoms with Gasteiger partial charge >= 0.3 is 0 Å². The Hall–Kier alpha value is -2.81. The van der Waals surface area contributed by atoms with Crippen molar-refractivity contribution in [3.05, 3.63) is 46.6 Å². The number of hydrogen-bond donors (Lipinski definition) is 0. The summed E-state index contributed by atoms with van der Waals surface area (Å²) in [6.45, 7) is 3.07. The van der Waals surface area contributed by atoms with Crippen LogP contribution in [-0.4, -0.2) is 49.0 Å². The fraction of sp³-hybridized carbons (Fsp3) is 0.389. The zero-order valence-corrected chi connectivity index (χ0v) is 15.9. The van der Waals surface area contributed by atoms with E-state index in [9.17, 15) is 9.18 Å². The largest absolute Gasteiger partial charge is 0.338 e. The minimum absolute atomic E-state index is 0.0527. The molecule has 1 amide bonds. The summed E-state index contributed by atoms with van der Waals surface area (Å²) in [7, 11) is 0. The van der Waals surface area contributed by atoms with E-state index < -0.39 is 5.82 Å². The summed E-state index contributed by atoms with van der Waals surface area (Å²) in [6.07, 6.45) is 3.93. The van der Waals surface area contributed by atoms with Gasteiger partial charge in [0.05, 0.1) is 17.3 Å². The van der Waals surface area contributed by atoms with Crippen molar-refractivity contribution in [2.75, 3.05) is 13.1 Å². The molecule has 28 heavy (non-hydrogen) atoms. The van der Waals surface area contributed by atoms with Crippen LogP contribution in [-0.2, 0) is 6.42 Å². The number of likely N-dealkylation sites (tertiary alicyclic amines) is 1. The summed E-state index contributed by atoms with van der Waals surface area (Å²) in [5, 5.41) is 12.1. The zero-order valence-electron chi connectivity index (χ0n) is 15.2. The summed E-state index contributed by atoms with van der Waals surface area (Å²) in [5.41, 5.74) is 0.919. The van der Waals surface area contributed by atoms with Crippen LogP contribution in [0.1, 0.15) is 42.0 Å². The molecule has 1 fully saturated rings. The maximum absolute atomic E-state index is 13.3. The molecule has 0 aliphatic carbocycles. The van der Waals surface area contributed by atoms with Gasteiger partial charge in [0.15, 0.2) is 11.5 Å². The number of carbonyl (C=O) groups is 1. The number of amides is 1. The molecule has 10 heteroatoms. The second kappa shape index (κ2) is 7.67. The Morgan fingerprint density at radius 1 is 1.36 bits per heavy atom. The molecule has 2 aromatic heterocycles. The Balaban J connectivity index is 1.40. The number of aryl methyl sites for hydroxylation is 1. The number of nitrogens with zero attached hydrogens (tertiary/aromatic N) is 6. The first kappa shape index (κ1) is 18.5. The van der Waals surface area contributed by atoms with E-state index >= 15 is 0 Å². The van der Waals surface area contributed by atoms with Crippen LogP contribution in [0, 0.1) is 5.82 Å². The van der Waals surface area contributed by atoms with E-state index in [-0.39, 0.29) is 17.0 Å². The Morgan fingerprint density at radius 2 is 2.14 bits per heavy atom. The summed E-state index contributed by atoms with van der Waals surface area (Å²) >= 11 is 5.78. The molecule has 1 aliphatic heterocycles. The smallest absolute Gasteiger partial charge is 0.280 e. The molecule has 4 rings (SSSR count). The van der Waals surface area contributed by atoms with Gasteiger partial charge < -0.3 is 9.42 Å². The summed E-state index contributed by atoms with van der Waals surface area (Å²) in [6, 6.07) is 4.15. The lowest BCUT2D eigenvalue weighted by molar-refractivity contribution is 0.0689. The highest BCUT2D eigenvalue weighted by Crippen LogP contribution is 2.25. The molecule has 0 spiro atoms. The van der Waals surface area contributed by atoms with E-state index in [1.54, 1.807) is 15.8 Å². The monoisotopic (exact) mass is 404 g/mol. The third-order valence-corrected chi connectivity index (χ3v) is 5.10. The zero-order chi connectivity index (χ0) is 19.7. The third-order valence-electron chi connectivity index (χ3n) is 4.81. The first-order valence-corrected chi connectivity index (χ1v) is 9.42. The van der Waals surface area contributed by atoms with Crippen molar-refractivity contribution in [1.29, 1.82) is 0 Å². The summed E-state index contributed by atoms with van der Waals surface area (Å²) in [5.74, 6) is 0.282. The van der Waals surface area contributed by atoms with Crippen LogP contribution in [0.4, 0.5) is 4.39 Å². The molecule has 8 nitrogen and oxygen atoms in total.